The lowest BCUT2D eigenvalue weighted by molar-refractivity contribution is -0.104. The highest BCUT2D eigenvalue weighted by Gasteiger charge is 2.02. The van der Waals surface area contributed by atoms with E-state index in [9.17, 15) is 9.59 Å². The minimum Gasteiger partial charge on any atom is -0.299 e. The molecule has 0 N–H and O–H groups in total. The van der Waals surface area contributed by atoms with Gasteiger partial charge in [-0.1, -0.05) is 48.0 Å². The van der Waals surface area contributed by atoms with Crippen molar-refractivity contribution < 1.29 is 9.59 Å². The summed E-state index contributed by atoms with van der Waals surface area (Å²) in [4.78, 5) is 22.4. The van der Waals surface area contributed by atoms with Crippen molar-refractivity contribution in [3.05, 3.63) is 71.8 Å². The van der Waals surface area contributed by atoms with Crippen molar-refractivity contribution in [3.63, 3.8) is 0 Å². The molecule has 0 unspecified atom stereocenters. The molecule has 0 aliphatic carbocycles. The number of rotatable bonds is 6. The molecule has 0 fully saturated rings. The molecule has 0 spiro atoms. The van der Waals surface area contributed by atoms with Crippen LogP contribution < -0.4 is 0 Å². The molecular weight excluding hydrogens is 260 g/mol. The average molecular weight is 278 g/mol. The lowest BCUT2D eigenvalue weighted by Gasteiger charge is -2.00. The summed E-state index contributed by atoms with van der Waals surface area (Å²) in [5.74, 6) is 0.0118. The minimum absolute atomic E-state index is 0.0118. The Morgan fingerprint density at radius 2 is 1.86 bits per heavy atom. The third kappa shape index (κ3) is 4.25. The molecule has 2 aromatic rings. The Balaban J connectivity index is 2.01. The summed E-state index contributed by atoms with van der Waals surface area (Å²) in [7, 11) is 0. The topological polar surface area (TPSA) is 34.1 Å². The maximum atomic E-state index is 12.1. The summed E-state index contributed by atoms with van der Waals surface area (Å²) in [5, 5.41) is 2.20. The van der Waals surface area contributed by atoms with E-state index in [1.807, 2.05) is 55.5 Å². The number of hydrogen-bond acceptors (Lipinski definition) is 2. The second-order valence-corrected chi connectivity index (χ2v) is 5.02. The van der Waals surface area contributed by atoms with Gasteiger partial charge in [-0.25, -0.2) is 0 Å². The molecule has 2 heteroatoms. The first kappa shape index (κ1) is 14.9. The molecule has 0 atom stereocenters. The van der Waals surface area contributed by atoms with E-state index in [1.54, 1.807) is 12.2 Å². The Labute approximate surface area is 124 Å². The molecule has 0 saturated heterocycles. The smallest absolute Gasteiger partial charge is 0.185 e. The number of fused-ring (bicyclic) bond motifs is 1. The molecule has 0 amide bonds. The zero-order valence-electron chi connectivity index (χ0n) is 12.1. The van der Waals surface area contributed by atoms with Crippen LogP contribution in [0, 0.1) is 0 Å². The lowest BCUT2D eigenvalue weighted by Crippen LogP contribution is -1.93. The third-order valence-electron chi connectivity index (χ3n) is 3.36. The molecule has 2 aromatic carbocycles. The van der Waals surface area contributed by atoms with Crippen molar-refractivity contribution in [2.45, 2.75) is 19.8 Å². The quantitative estimate of drug-likeness (QED) is 0.443. The number of carbonyl (C=O) groups is 2. The van der Waals surface area contributed by atoms with Gasteiger partial charge >= 0.3 is 0 Å². The number of carbonyl (C=O) groups excluding carboxylic acids is 2. The average Bonchev–Trinajstić information content (AvgIpc) is 2.51. The van der Waals surface area contributed by atoms with Gasteiger partial charge in [0.15, 0.2) is 5.78 Å². The lowest BCUT2D eigenvalue weighted by atomic mass is 10.0. The van der Waals surface area contributed by atoms with Crippen LogP contribution in [-0.4, -0.2) is 12.1 Å². The predicted molar refractivity (Wildman–Crippen MR) is 86.5 cm³/mol. The number of aldehydes is 1. The fourth-order valence-corrected chi connectivity index (χ4v) is 2.14. The van der Waals surface area contributed by atoms with Crippen LogP contribution in [0.2, 0.25) is 0 Å². The van der Waals surface area contributed by atoms with E-state index in [2.05, 4.69) is 0 Å². The van der Waals surface area contributed by atoms with E-state index in [4.69, 9.17) is 0 Å². The molecule has 0 radical (unpaired) electrons. The van der Waals surface area contributed by atoms with E-state index in [0.717, 1.165) is 35.5 Å². The van der Waals surface area contributed by atoms with Crippen molar-refractivity contribution >= 4 is 22.8 Å². The van der Waals surface area contributed by atoms with Crippen LogP contribution in [0.3, 0.4) is 0 Å². The normalized spacial score (nSPS) is 12.0. The SMILES string of the molecule is C/C(=C\C=O)CC/C=C/C(=O)c1ccc2ccccc2c1. The summed E-state index contributed by atoms with van der Waals surface area (Å²) < 4.78 is 0. The third-order valence-corrected chi connectivity index (χ3v) is 3.36. The van der Waals surface area contributed by atoms with Crippen molar-refractivity contribution in [2.24, 2.45) is 0 Å². The summed E-state index contributed by atoms with van der Waals surface area (Å²) in [5.41, 5.74) is 1.72. The standard InChI is InChI=1S/C19H18O2/c1-15(12-13-20)6-2-5-9-19(21)18-11-10-16-7-3-4-8-17(16)14-18/h3-5,7-14H,2,6H2,1H3/b9-5+,15-12+. The van der Waals surface area contributed by atoms with Crippen molar-refractivity contribution in [1.82, 2.24) is 0 Å². The van der Waals surface area contributed by atoms with Gasteiger partial charge in [0.05, 0.1) is 0 Å². The van der Waals surface area contributed by atoms with E-state index >= 15 is 0 Å². The Hall–Kier alpha value is -2.48. The molecule has 0 bridgehead atoms. The van der Waals surface area contributed by atoms with E-state index < -0.39 is 0 Å². The number of hydrogen-bond donors (Lipinski definition) is 0. The summed E-state index contributed by atoms with van der Waals surface area (Å²) in [6.45, 7) is 1.91. The summed E-state index contributed by atoms with van der Waals surface area (Å²) >= 11 is 0. The highest BCUT2D eigenvalue weighted by molar-refractivity contribution is 6.06. The highest BCUT2D eigenvalue weighted by Crippen LogP contribution is 2.16. The zero-order valence-corrected chi connectivity index (χ0v) is 12.1. The molecule has 0 heterocycles. The van der Waals surface area contributed by atoms with Gasteiger partial charge in [0.2, 0.25) is 0 Å². The highest BCUT2D eigenvalue weighted by atomic mass is 16.1. The molecule has 106 valence electrons. The molecule has 2 rings (SSSR count). The van der Waals surface area contributed by atoms with E-state index in [1.165, 1.54) is 0 Å². The first-order valence-electron chi connectivity index (χ1n) is 7.01. The van der Waals surface area contributed by atoms with Crippen LogP contribution >= 0.6 is 0 Å². The van der Waals surface area contributed by atoms with Crippen LogP contribution in [0.15, 0.2) is 66.3 Å². The van der Waals surface area contributed by atoms with E-state index in [0.29, 0.717) is 5.56 Å². The molecule has 0 saturated carbocycles. The maximum Gasteiger partial charge on any atom is 0.185 e. The Kier molecular flexibility index (Phi) is 5.22. The van der Waals surface area contributed by atoms with Gasteiger partial charge in [-0.05, 0) is 48.8 Å². The van der Waals surface area contributed by atoms with Crippen molar-refractivity contribution in [1.29, 1.82) is 0 Å². The van der Waals surface area contributed by atoms with Gasteiger partial charge in [-0.2, -0.15) is 0 Å². The van der Waals surface area contributed by atoms with Crippen molar-refractivity contribution in [2.75, 3.05) is 0 Å². The van der Waals surface area contributed by atoms with Crippen LogP contribution in [0.4, 0.5) is 0 Å². The van der Waals surface area contributed by atoms with Gasteiger partial charge in [-0.15, -0.1) is 0 Å². The monoisotopic (exact) mass is 278 g/mol. The Morgan fingerprint density at radius 3 is 2.62 bits per heavy atom. The molecule has 0 aliphatic heterocycles. The minimum atomic E-state index is 0.0118. The predicted octanol–water partition coefficient (Wildman–Crippen LogP) is 4.50. The van der Waals surface area contributed by atoms with Crippen LogP contribution in [0.25, 0.3) is 10.8 Å². The number of benzene rings is 2. The Morgan fingerprint density at radius 1 is 1.10 bits per heavy atom. The summed E-state index contributed by atoms with van der Waals surface area (Å²) in [6, 6.07) is 13.7. The fraction of sp³-hybridized carbons (Fsp3) is 0.158. The van der Waals surface area contributed by atoms with Gasteiger partial charge in [0.1, 0.15) is 6.29 Å². The second kappa shape index (κ2) is 7.34. The molecule has 2 nitrogen and oxygen atoms in total. The van der Waals surface area contributed by atoms with Gasteiger partial charge in [0, 0.05) is 5.56 Å². The maximum absolute atomic E-state index is 12.1. The first-order chi connectivity index (χ1) is 10.2. The van der Waals surface area contributed by atoms with E-state index in [-0.39, 0.29) is 5.78 Å². The van der Waals surface area contributed by atoms with Gasteiger partial charge in [-0.3, -0.25) is 9.59 Å². The van der Waals surface area contributed by atoms with Crippen LogP contribution in [-0.2, 0) is 4.79 Å². The molecule has 21 heavy (non-hydrogen) atoms. The molecule has 0 aromatic heterocycles. The number of allylic oxidation sites excluding steroid dienone is 4. The summed E-state index contributed by atoms with van der Waals surface area (Å²) in [6.07, 6.45) is 7.37. The van der Waals surface area contributed by atoms with Gasteiger partial charge < -0.3 is 0 Å². The molecular formula is C19H18O2. The zero-order chi connectivity index (χ0) is 15.1. The molecule has 0 aliphatic rings. The van der Waals surface area contributed by atoms with Crippen LogP contribution in [0.1, 0.15) is 30.1 Å². The largest absolute Gasteiger partial charge is 0.299 e. The fourth-order valence-electron chi connectivity index (χ4n) is 2.14. The Bertz CT molecular complexity index is 708. The second-order valence-electron chi connectivity index (χ2n) is 5.02. The number of ketones is 1. The first-order valence-corrected chi connectivity index (χ1v) is 7.01. The van der Waals surface area contributed by atoms with Crippen molar-refractivity contribution in [3.8, 4) is 0 Å². The van der Waals surface area contributed by atoms with Gasteiger partial charge in [0.25, 0.3) is 0 Å². The van der Waals surface area contributed by atoms with Crippen LogP contribution in [0.5, 0.6) is 0 Å².